The van der Waals surface area contributed by atoms with Crippen molar-refractivity contribution in [2.45, 2.75) is 13.0 Å². The van der Waals surface area contributed by atoms with E-state index in [0.29, 0.717) is 34.6 Å². The maximum Gasteiger partial charge on any atom is 0.138 e. The fraction of sp³-hybridized carbons (Fsp3) is 0.409. The predicted molar refractivity (Wildman–Crippen MR) is 112 cm³/mol. The second-order valence-electron chi connectivity index (χ2n) is 8.25. The lowest BCUT2D eigenvalue weighted by Crippen LogP contribution is -2.26. The molecule has 1 saturated heterocycles. The van der Waals surface area contributed by atoms with E-state index in [4.69, 9.17) is 15.5 Å². The Kier molecular flexibility index (Phi) is 4.57. The summed E-state index contributed by atoms with van der Waals surface area (Å²) in [4.78, 5) is 7.02. The van der Waals surface area contributed by atoms with Gasteiger partial charge < -0.3 is 20.5 Å². The first kappa shape index (κ1) is 18.9. The molecule has 0 aromatic carbocycles. The number of anilines is 1. The Morgan fingerprint density at radius 2 is 2.13 bits per heavy atom. The normalized spacial score (nSPS) is 23.3. The highest BCUT2D eigenvalue weighted by atomic mass is 16.5. The van der Waals surface area contributed by atoms with Gasteiger partial charge in [-0.2, -0.15) is 10.4 Å². The minimum absolute atomic E-state index is 0.176. The minimum Gasteiger partial charge on any atom is -0.489 e. The van der Waals surface area contributed by atoms with Crippen molar-refractivity contribution in [1.82, 2.24) is 14.6 Å². The van der Waals surface area contributed by atoms with Crippen LogP contribution in [0.4, 0.5) is 5.82 Å². The molecular formula is C22H24N6O2. The molecule has 2 unspecified atom stereocenters. The van der Waals surface area contributed by atoms with Crippen LogP contribution in [0.15, 0.2) is 36.8 Å². The summed E-state index contributed by atoms with van der Waals surface area (Å²) < 4.78 is 7.33. The number of nitrogens with two attached hydrogens (primary N) is 1. The molecule has 3 aromatic rings. The van der Waals surface area contributed by atoms with E-state index in [1.165, 1.54) is 0 Å². The van der Waals surface area contributed by atoms with Crippen molar-refractivity contribution in [1.29, 1.82) is 5.26 Å². The average Bonchev–Trinajstić information content (AvgIpc) is 3.08. The molecule has 5 rings (SSSR count). The van der Waals surface area contributed by atoms with Gasteiger partial charge in [0.25, 0.3) is 0 Å². The number of ether oxygens (including phenoxy) is 1. The van der Waals surface area contributed by atoms with Crippen LogP contribution >= 0.6 is 0 Å². The Hall–Kier alpha value is -3.15. The number of aliphatic hydroxyl groups excluding tert-OH is 1. The maximum absolute atomic E-state index is 9.53. The Balaban J connectivity index is 1.46. The zero-order chi connectivity index (χ0) is 20.8. The van der Waals surface area contributed by atoms with Gasteiger partial charge >= 0.3 is 0 Å². The first-order valence-electron chi connectivity index (χ1n) is 10.2. The molecule has 154 valence electrons. The highest BCUT2D eigenvalue weighted by Gasteiger charge is 2.54. The van der Waals surface area contributed by atoms with Crippen LogP contribution in [0.2, 0.25) is 0 Å². The van der Waals surface area contributed by atoms with Gasteiger partial charge in [-0.15, -0.1) is 0 Å². The Labute approximate surface area is 174 Å². The number of rotatable bonds is 6. The number of hydrogen-bond donors (Lipinski definition) is 2. The van der Waals surface area contributed by atoms with E-state index < -0.39 is 6.10 Å². The highest BCUT2D eigenvalue weighted by molar-refractivity contribution is 5.85. The lowest BCUT2D eigenvalue weighted by atomic mass is 10.1. The standard InChI is InChI=1S/C22H24N6O2/c1-13(29)12-30-16-4-17(22-15(5-23)8-26-28(22)9-16)14-2-3-21(25-7-14)27-10-19-18(6-24)20(19)11-27/h2-4,7-9,13,18-20,29H,6,10-12,24H2,1H3/t13?,18?,19-,20+. The van der Waals surface area contributed by atoms with Gasteiger partial charge in [0, 0.05) is 30.4 Å². The zero-order valence-electron chi connectivity index (χ0n) is 16.8. The predicted octanol–water partition coefficient (Wildman–Crippen LogP) is 1.67. The molecule has 0 spiro atoms. The molecule has 0 amide bonds. The van der Waals surface area contributed by atoms with Crippen LogP contribution in [-0.2, 0) is 0 Å². The number of aliphatic hydroxyl groups is 1. The largest absolute Gasteiger partial charge is 0.489 e. The molecule has 2 aliphatic rings. The molecule has 3 aromatic heterocycles. The second kappa shape index (κ2) is 7.27. The summed E-state index contributed by atoms with van der Waals surface area (Å²) in [5.74, 6) is 3.65. The summed E-state index contributed by atoms with van der Waals surface area (Å²) >= 11 is 0. The summed E-state index contributed by atoms with van der Waals surface area (Å²) in [7, 11) is 0. The van der Waals surface area contributed by atoms with E-state index in [9.17, 15) is 10.4 Å². The quantitative estimate of drug-likeness (QED) is 0.642. The third-order valence-corrected chi connectivity index (χ3v) is 6.22. The van der Waals surface area contributed by atoms with Gasteiger partial charge in [-0.05, 0) is 49.4 Å². The summed E-state index contributed by atoms with van der Waals surface area (Å²) in [6.45, 7) is 4.67. The second-order valence-corrected chi connectivity index (χ2v) is 8.25. The van der Waals surface area contributed by atoms with Crippen molar-refractivity contribution in [2.24, 2.45) is 23.5 Å². The van der Waals surface area contributed by atoms with Crippen LogP contribution < -0.4 is 15.4 Å². The maximum atomic E-state index is 9.53. The molecule has 0 bridgehead atoms. The molecule has 8 heteroatoms. The molecule has 30 heavy (non-hydrogen) atoms. The fourth-order valence-corrected chi connectivity index (χ4v) is 4.61. The smallest absolute Gasteiger partial charge is 0.138 e. The molecular weight excluding hydrogens is 380 g/mol. The third kappa shape index (κ3) is 3.16. The summed E-state index contributed by atoms with van der Waals surface area (Å²) in [5, 5.41) is 23.3. The summed E-state index contributed by atoms with van der Waals surface area (Å²) in [6.07, 6.45) is 4.52. The lowest BCUT2D eigenvalue weighted by molar-refractivity contribution is 0.122. The molecule has 1 aliphatic heterocycles. The van der Waals surface area contributed by atoms with E-state index in [0.717, 1.165) is 36.6 Å². The van der Waals surface area contributed by atoms with Gasteiger partial charge in [-0.25, -0.2) is 9.50 Å². The SMILES string of the molecule is CC(O)COc1cc(-c2ccc(N3C[C@@H]4C(CN)[C@@H]4C3)nc2)c2c(C#N)cnn2c1. The van der Waals surface area contributed by atoms with Crippen molar-refractivity contribution >= 4 is 11.3 Å². The molecule has 4 heterocycles. The van der Waals surface area contributed by atoms with E-state index in [1.807, 2.05) is 24.4 Å². The number of hydrogen-bond acceptors (Lipinski definition) is 7. The van der Waals surface area contributed by atoms with Crippen molar-refractivity contribution in [2.75, 3.05) is 31.1 Å². The highest BCUT2D eigenvalue weighted by Crippen LogP contribution is 2.51. The number of pyridine rings is 2. The van der Waals surface area contributed by atoms with Gasteiger partial charge in [0.15, 0.2) is 0 Å². The molecule has 0 radical (unpaired) electrons. The van der Waals surface area contributed by atoms with Gasteiger partial charge in [0.05, 0.1) is 29.6 Å². The molecule has 3 N–H and O–H groups in total. The Morgan fingerprint density at radius 1 is 1.33 bits per heavy atom. The first-order chi connectivity index (χ1) is 14.6. The van der Waals surface area contributed by atoms with Crippen LogP contribution in [0.5, 0.6) is 5.75 Å². The number of nitrogens with zero attached hydrogens (tertiary/aromatic N) is 5. The van der Waals surface area contributed by atoms with Crippen LogP contribution in [0, 0.1) is 29.1 Å². The first-order valence-corrected chi connectivity index (χ1v) is 10.2. The average molecular weight is 404 g/mol. The van der Waals surface area contributed by atoms with Crippen LogP contribution in [0.1, 0.15) is 12.5 Å². The van der Waals surface area contributed by atoms with Crippen molar-refractivity contribution < 1.29 is 9.84 Å². The van der Waals surface area contributed by atoms with E-state index in [-0.39, 0.29) is 6.61 Å². The Bertz CT molecular complexity index is 1110. The van der Waals surface area contributed by atoms with Crippen molar-refractivity contribution in [3.8, 4) is 22.9 Å². The molecule has 8 nitrogen and oxygen atoms in total. The third-order valence-electron chi connectivity index (χ3n) is 6.22. The van der Waals surface area contributed by atoms with Crippen LogP contribution in [-0.4, -0.2) is 52.0 Å². The van der Waals surface area contributed by atoms with Gasteiger partial charge in [0.1, 0.15) is 24.2 Å². The summed E-state index contributed by atoms with van der Waals surface area (Å²) in [6, 6.07) is 8.12. The van der Waals surface area contributed by atoms with Crippen LogP contribution in [0.25, 0.3) is 16.6 Å². The molecule has 2 fully saturated rings. The van der Waals surface area contributed by atoms with Gasteiger partial charge in [-0.3, -0.25) is 0 Å². The van der Waals surface area contributed by atoms with Gasteiger partial charge in [-0.1, -0.05) is 0 Å². The van der Waals surface area contributed by atoms with Gasteiger partial charge in [0.2, 0.25) is 0 Å². The minimum atomic E-state index is -0.581. The number of nitriles is 1. The molecule has 1 saturated carbocycles. The summed E-state index contributed by atoms with van der Waals surface area (Å²) in [5.41, 5.74) is 8.72. The number of fused-ring (bicyclic) bond motifs is 2. The van der Waals surface area contributed by atoms with Crippen LogP contribution in [0.3, 0.4) is 0 Å². The Morgan fingerprint density at radius 3 is 2.77 bits per heavy atom. The van der Waals surface area contributed by atoms with E-state index in [2.05, 4.69) is 16.1 Å². The topological polar surface area (TPSA) is 113 Å². The number of piperidine rings is 1. The van der Waals surface area contributed by atoms with Crippen molar-refractivity contribution in [3.05, 3.63) is 42.4 Å². The molecule has 1 aliphatic carbocycles. The monoisotopic (exact) mass is 404 g/mol. The van der Waals surface area contributed by atoms with Crippen molar-refractivity contribution in [3.63, 3.8) is 0 Å². The zero-order valence-corrected chi connectivity index (χ0v) is 16.8. The van der Waals surface area contributed by atoms with E-state index in [1.54, 1.807) is 23.8 Å². The fourth-order valence-electron chi connectivity index (χ4n) is 4.61. The molecule has 4 atom stereocenters. The number of aromatic nitrogens is 3. The lowest BCUT2D eigenvalue weighted by Gasteiger charge is -2.21. The van der Waals surface area contributed by atoms with E-state index >= 15 is 0 Å².